The van der Waals surface area contributed by atoms with Crippen LogP contribution < -0.4 is 10.2 Å². The number of carbonyl (C=O) groups excluding carboxylic acids is 1. The van der Waals surface area contributed by atoms with Crippen LogP contribution in [0.2, 0.25) is 5.15 Å². The van der Waals surface area contributed by atoms with Gasteiger partial charge in [0.05, 0.1) is 23.5 Å². The third kappa shape index (κ3) is 5.06. The number of nitrogens with one attached hydrogen (secondary N) is 1. The molecule has 0 radical (unpaired) electrons. The maximum atomic E-state index is 12.8. The Hall–Kier alpha value is -4.17. The molecule has 2 aromatic carbocycles. The molecule has 37 heavy (non-hydrogen) atoms. The molecule has 1 amide bonds. The number of aryl methyl sites for hydroxylation is 1. The number of rotatable bonds is 7. The molecular formula is C28H25ClN4O4. The summed E-state index contributed by atoms with van der Waals surface area (Å²) < 4.78 is 5.45. The van der Waals surface area contributed by atoms with Crippen LogP contribution in [-0.2, 0) is 11.2 Å². The van der Waals surface area contributed by atoms with Gasteiger partial charge in [0.1, 0.15) is 17.6 Å². The van der Waals surface area contributed by atoms with Gasteiger partial charge in [0, 0.05) is 0 Å². The molecule has 1 fully saturated rings. The fraction of sp³-hybridized carbons (Fsp3) is 0.214. The van der Waals surface area contributed by atoms with Crippen LogP contribution in [0.25, 0.3) is 10.8 Å². The van der Waals surface area contributed by atoms with Crippen molar-refractivity contribution in [1.82, 2.24) is 9.97 Å². The van der Waals surface area contributed by atoms with E-state index in [1.165, 1.54) is 6.07 Å². The third-order valence-corrected chi connectivity index (χ3v) is 6.61. The molecule has 1 saturated heterocycles. The summed E-state index contributed by atoms with van der Waals surface area (Å²) in [5, 5.41) is 15.1. The topological polar surface area (TPSA) is 105 Å². The number of anilines is 2. The molecule has 8 nitrogen and oxygen atoms in total. The second kappa shape index (κ2) is 10.1. The lowest BCUT2D eigenvalue weighted by atomic mass is 9.98. The first-order chi connectivity index (χ1) is 17.8. The number of benzene rings is 2. The van der Waals surface area contributed by atoms with Crippen LogP contribution in [0.5, 0.6) is 0 Å². The fourth-order valence-corrected chi connectivity index (χ4v) is 4.81. The van der Waals surface area contributed by atoms with Crippen molar-refractivity contribution in [3.8, 4) is 0 Å². The number of carboxylic acid groups (broad SMARTS) is 1. The van der Waals surface area contributed by atoms with E-state index in [0.717, 1.165) is 21.9 Å². The molecule has 0 aliphatic carbocycles. The number of carbonyl (C=O) groups is 2. The fourth-order valence-electron chi connectivity index (χ4n) is 4.66. The van der Waals surface area contributed by atoms with Gasteiger partial charge in [-0.05, 0) is 66.4 Å². The van der Waals surface area contributed by atoms with Gasteiger partial charge in [-0.2, -0.15) is 0 Å². The molecule has 0 saturated carbocycles. The molecule has 1 aliphatic heterocycles. The second-order valence-electron chi connectivity index (χ2n) is 9.07. The van der Waals surface area contributed by atoms with Gasteiger partial charge in [0.2, 0.25) is 0 Å². The predicted molar refractivity (Wildman–Crippen MR) is 142 cm³/mol. The number of ether oxygens (including phenoxy) is 1. The third-order valence-electron chi connectivity index (χ3n) is 6.40. The van der Waals surface area contributed by atoms with Gasteiger partial charge in [-0.25, -0.2) is 19.6 Å². The molecule has 4 aromatic rings. The Balaban J connectivity index is 1.44. The van der Waals surface area contributed by atoms with Crippen LogP contribution in [0.3, 0.4) is 0 Å². The van der Waals surface area contributed by atoms with Crippen LogP contribution in [0.15, 0.2) is 66.7 Å². The Morgan fingerprint density at radius 1 is 1.16 bits per heavy atom. The average Bonchev–Trinajstić information content (AvgIpc) is 3.24. The summed E-state index contributed by atoms with van der Waals surface area (Å²) in [6, 6.07) is 20.6. The second-order valence-corrected chi connectivity index (χ2v) is 9.46. The standard InChI is InChI=1S/C28H25ClN4O4/c1-16-12-23(17(2)30-22-10-11-24(29)32-26(22)27(34)35)31-25(13-16)33-20(15-37-28(33)36)14-19-8-5-7-18-6-3-4-9-21(18)19/h3-13,17,20,30H,14-15H2,1-2H3,(H,34,35)/t17-,20+/m1/s1. The highest BCUT2D eigenvalue weighted by Crippen LogP contribution is 2.30. The maximum absolute atomic E-state index is 12.8. The maximum Gasteiger partial charge on any atom is 0.415 e. The number of hydrogen-bond acceptors (Lipinski definition) is 6. The minimum atomic E-state index is -1.19. The van der Waals surface area contributed by atoms with Crippen LogP contribution in [-0.4, -0.2) is 39.8 Å². The summed E-state index contributed by atoms with van der Waals surface area (Å²) in [4.78, 5) is 34.8. The summed E-state index contributed by atoms with van der Waals surface area (Å²) in [5.41, 5.74) is 2.83. The number of fused-ring (bicyclic) bond motifs is 1. The molecular weight excluding hydrogens is 492 g/mol. The molecule has 9 heteroatoms. The van der Waals surface area contributed by atoms with E-state index in [-0.39, 0.29) is 29.5 Å². The summed E-state index contributed by atoms with van der Waals surface area (Å²) in [7, 11) is 0. The number of aromatic carboxylic acids is 1. The van der Waals surface area contributed by atoms with Crippen molar-refractivity contribution in [2.75, 3.05) is 16.8 Å². The highest BCUT2D eigenvalue weighted by atomic mass is 35.5. The van der Waals surface area contributed by atoms with Gasteiger partial charge >= 0.3 is 12.1 Å². The molecule has 5 rings (SSSR count). The first-order valence-electron chi connectivity index (χ1n) is 11.9. The van der Waals surface area contributed by atoms with Gasteiger partial charge < -0.3 is 15.2 Å². The van der Waals surface area contributed by atoms with Gasteiger partial charge in [-0.15, -0.1) is 0 Å². The zero-order chi connectivity index (χ0) is 26.1. The normalized spacial score (nSPS) is 16.0. The molecule has 0 spiro atoms. The number of halogens is 1. The zero-order valence-corrected chi connectivity index (χ0v) is 21.1. The molecule has 3 heterocycles. The Labute approximate surface area is 218 Å². The summed E-state index contributed by atoms with van der Waals surface area (Å²) in [6.07, 6.45) is 0.175. The highest BCUT2D eigenvalue weighted by molar-refractivity contribution is 6.29. The number of amides is 1. The van der Waals surface area contributed by atoms with Gasteiger partial charge in [0.15, 0.2) is 5.69 Å². The van der Waals surface area contributed by atoms with Crippen molar-refractivity contribution in [3.63, 3.8) is 0 Å². The lowest BCUT2D eigenvalue weighted by Crippen LogP contribution is -2.36. The monoisotopic (exact) mass is 516 g/mol. The van der Waals surface area contributed by atoms with Crippen molar-refractivity contribution >= 4 is 45.9 Å². The smallest absolute Gasteiger partial charge is 0.415 e. The Kier molecular flexibility index (Phi) is 6.67. The van der Waals surface area contributed by atoms with Gasteiger partial charge in [-0.3, -0.25) is 4.90 Å². The Bertz CT molecular complexity index is 1500. The van der Waals surface area contributed by atoms with Crippen LogP contribution in [0, 0.1) is 6.92 Å². The lowest BCUT2D eigenvalue weighted by molar-refractivity contribution is 0.0691. The SMILES string of the molecule is Cc1cc([C@@H](C)Nc2ccc(Cl)nc2C(=O)O)nc(N2C(=O)OC[C@@H]2Cc2cccc3ccccc23)c1. The number of cyclic esters (lactones) is 1. The summed E-state index contributed by atoms with van der Waals surface area (Å²) >= 11 is 5.88. The lowest BCUT2D eigenvalue weighted by Gasteiger charge is -2.23. The first kappa shape index (κ1) is 24.5. The quantitative estimate of drug-likeness (QED) is 0.289. The summed E-state index contributed by atoms with van der Waals surface area (Å²) in [5.74, 6) is -0.699. The van der Waals surface area contributed by atoms with Crippen LogP contribution in [0.1, 0.15) is 40.3 Å². The van der Waals surface area contributed by atoms with E-state index in [9.17, 15) is 14.7 Å². The zero-order valence-electron chi connectivity index (χ0n) is 20.3. The van der Waals surface area contributed by atoms with E-state index in [4.69, 9.17) is 21.3 Å². The molecule has 188 valence electrons. The molecule has 0 bridgehead atoms. The van der Waals surface area contributed by atoms with Crippen LogP contribution >= 0.6 is 11.6 Å². The van der Waals surface area contributed by atoms with Gasteiger partial charge in [-0.1, -0.05) is 54.1 Å². The molecule has 2 N–H and O–H groups in total. The van der Waals surface area contributed by atoms with Crippen molar-refractivity contribution in [2.24, 2.45) is 0 Å². The minimum Gasteiger partial charge on any atom is -0.476 e. The Morgan fingerprint density at radius 3 is 2.76 bits per heavy atom. The number of aromatic nitrogens is 2. The molecule has 2 atom stereocenters. The Morgan fingerprint density at radius 2 is 1.95 bits per heavy atom. The van der Waals surface area contributed by atoms with Crippen molar-refractivity contribution in [2.45, 2.75) is 32.4 Å². The average molecular weight is 517 g/mol. The van der Waals surface area contributed by atoms with E-state index in [0.29, 0.717) is 23.6 Å². The molecule has 0 unspecified atom stereocenters. The van der Waals surface area contributed by atoms with Gasteiger partial charge in [0.25, 0.3) is 0 Å². The highest BCUT2D eigenvalue weighted by Gasteiger charge is 2.36. The van der Waals surface area contributed by atoms with E-state index < -0.39 is 12.1 Å². The number of nitrogens with zero attached hydrogens (tertiary/aromatic N) is 3. The predicted octanol–water partition coefficient (Wildman–Crippen LogP) is 6.03. The first-order valence-corrected chi connectivity index (χ1v) is 12.3. The van der Waals surface area contributed by atoms with E-state index in [2.05, 4.69) is 34.6 Å². The van der Waals surface area contributed by atoms with Crippen molar-refractivity contribution < 1.29 is 19.4 Å². The molecule has 2 aromatic heterocycles. The summed E-state index contributed by atoms with van der Waals surface area (Å²) in [6.45, 7) is 4.05. The largest absolute Gasteiger partial charge is 0.476 e. The van der Waals surface area contributed by atoms with E-state index in [1.807, 2.05) is 44.2 Å². The number of carboxylic acids is 1. The number of hydrogen-bond donors (Lipinski definition) is 2. The van der Waals surface area contributed by atoms with Crippen molar-refractivity contribution in [3.05, 3.63) is 94.4 Å². The van der Waals surface area contributed by atoms with Crippen LogP contribution in [0.4, 0.5) is 16.3 Å². The van der Waals surface area contributed by atoms with E-state index in [1.54, 1.807) is 11.0 Å². The minimum absolute atomic E-state index is 0.0938. The number of pyridine rings is 2. The molecule has 1 aliphatic rings. The van der Waals surface area contributed by atoms with Crippen molar-refractivity contribution in [1.29, 1.82) is 0 Å². The van der Waals surface area contributed by atoms with E-state index >= 15 is 0 Å².